The number of tetrazole rings is 1. The number of hydrogen-bond donors (Lipinski definition) is 1. The van der Waals surface area contributed by atoms with Gasteiger partial charge in [-0.1, -0.05) is 48.0 Å². The van der Waals surface area contributed by atoms with Crippen molar-refractivity contribution in [3.05, 3.63) is 84.4 Å². The van der Waals surface area contributed by atoms with Crippen molar-refractivity contribution in [1.29, 1.82) is 0 Å². The zero-order valence-electron chi connectivity index (χ0n) is 15.8. The van der Waals surface area contributed by atoms with E-state index in [1.807, 2.05) is 61.5 Å². The third-order valence-corrected chi connectivity index (χ3v) is 4.16. The molecular weight excluding hydrogens is 366 g/mol. The number of aryl methyl sites for hydroxylation is 1. The highest BCUT2D eigenvalue weighted by molar-refractivity contribution is 5.90. The Kier molecular flexibility index (Phi) is 5.29. The Balaban J connectivity index is 1.34. The van der Waals surface area contributed by atoms with Crippen LogP contribution in [0.1, 0.15) is 5.56 Å². The molecule has 0 fully saturated rings. The molecule has 0 bridgehead atoms. The minimum Gasteiger partial charge on any atom is -0.457 e. The molecule has 0 radical (unpaired) electrons. The van der Waals surface area contributed by atoms with E-state index in [1.54, 1.807) is 24.3 Å². The van der Waals surface area contributed by atoms with Crippen LogP contribution in [-0.4, -0.2) is 26.1 Å². The molecule has 1 heterocycles. The molecule has 1 aromatic heterocycles. The summed E-state index contributed by atoms with van der Waals surface area (Å²) in [6.07, 6.45) is 0. The zero-order valence-corrected chi connectivity index (χ0v) is 15.8. The Labute approximate surface area is 168 Å². The fourth-order valence-corrected chi connectivity index (χ4v) is 2.69. The Bertz CT molecular complexity index is 1090. The molecule has 1 amide bonds. The fraction of sp³-hybridized carbons (Fsp3) is 0.0909. The van der Waals surface area contributed by atoms with Crippen LogP contribution in [-0.2, 0) is 11.3 Å². The first-order valence-electron chi connectivity index (χ1n) is 9.13. The lowest BCUT2D eigenvalue weighted by Gasteiger charge is -2.07. The molecule has 7 heteroatoms. The predicted molar refractivity (Wildman–Crippen MR) is 110 cm³/mol. The first-order chi connectivity index (χ1) is 14.2. The lowest BCUT2D eigenvalue weighted by atomic mass is 10.1. The predicted octanol–water partition coefficient (Wildman–Crippen LogP) is 4.08. The molecule has 0 spiro atoms. The van der Waals surface area contributed by atoms with Crippen molar-refractivity contribution < 1.29 is 9.53 Å². The van der Waals surface area contributed by atoms with Crippen molar-refractivity contribution >= 4 is 11.6 Å². The van der Waals surface area contributed by atoms with Crippen molar-refractivity contribution in [2.45, 2.75) is 13.5 Å². The SMILES string of the molecule is Cc1ccc(-c2nnn(CC(=O)Nc3ccc(Oc4ccccc4)cc3)n2)cc1. The maximum atomic E-state index is 12.3. The molecule has 0 saturated carbocycles. The number of aromatic nitrogens is 4. The first-order valence-corrected chi connectivity index (χ1v) is 9.13. The van der Waals surface area contributed by atoms with E-state index in [1.165, 1.54) is 4.80 Å². The van der Waals surface area contributed by atoms with Crippen LogP contribution in [0.15, 0.2) is 78.9 Å². The van der Waals surface area contributed by atoms with Crippen LogP contribution >= 0.6 is 0 Å². The molecule has 29 heavy (non-hydrogen) atoms. The molecular formula is C22H19N5O2. The van der Waals surface area contributed by atoms with Gasteiger partial charge in [-0.05, 0) is 48.5 Å². The lowest BCUT2D eigenvalue weighted by molar-refractivity contribution is -0.117. The third-order valence-electron chi connectivity index (χ3n) is 4.16. The van der Waals surface area contributed by atoms with Crippen LogP contribution in [0.3, 0.4) is 0 Å². The quantitative estimate of drug-likeness (QED) is 0.541. The third kappa shape index (κ3) is 4.84. The number of rotatable bonds is 6. The number of carbonyl (C=O) groups is 1. The van der Waals surface area contributed by atoms with E-state index in [9.17, 15) is 4.79 Å². The van der Waals surface area contributed by atoms with Crippen LogP contribution in [0.25, 0.3) is 11.4 Å². The van der Waals surface area contributed by atoms with Gasteiger partial charge in [0.15, 0.2) is 0 Å². The van der Waals surface area contributed by atoms with Crippen LogP contribution in [0, 0.1) is 6.92 Å². The Morgan fingerprint density at radius 3 is 2.34 bits per heavy atom. The van der Waals surface area contributed by atoms with Gasteiger partial charge in [-0.15, -0.1) is 10.2 Å². The van der Waals surface area contributed by atoms with E-state index in [2.05, 4.69) is 20.7 Å². The highest BCUT2D eigenvalue weighted by Gasteiger charge is 2.10. The Morgan fingerprint density at radius 1 is 0.931 bits per heavy atom. The van der Waals surface area contributed by atoms with Gasteiger partial charge in [0.25, 0.3) is 0 Å². The second-order valence-corrected chi connectivity index (χ2v) is 6.50. The molecule has 0 aliphatic carbocycles. The van der Waals surface area contributed by atoms with E-state index < -0.39 is 0 Å². The summed E-state index contributed by atoms with van der Waals surface area (Å²) in [6, 6.07) is 24.5. The smallest absolute Gasteiger partial charge is 0.248 e. The van der Waals surface area contributed by atoms with Crippen molar-refractivity contribution in [2.24, 2.45) is 0 Å². The minimum atomic E-state index is -0.241. The maximum absolute atomic E-state index is 12.3. The number of ether oxygens (including phenoxy) is 1. The van der Waals surface area contributed by atoms with Crippen LogP contribution < -0.4 is 10.1 Å². The van der Waals surface area contributed by atoms with Gasteiger partial charge in [0.1, 0.15) is 18.0 Å². The second-order valence-electron chi connectivity index (χ2n) is 6.50. The van der Waals surface area contributed by atoms with Gasteiger partial charge in [0, 0.05) is 11.3 Å². The van der Waals surface area contributed by atoms with E-state index in [0.29, 0.717) is 17.3 Å². The average Bonchev–Trinajstić information content (AvgIpc) is 3.19. The Morgan fingerprint density at radius 2 is 1.62 bits per heavy atom. The van der Waals surface area contributed by atoms with E-state index >= 15 is 0 Å². The van der Waals surface area contributed by atoms with E-state index in [4.69, 9.17) is 4.74 Å². The molecule has 0 saturated heterocycles. The molecule has 0 unspecified atom stereocenters. The van der Waals surface area contributed by atoms with Gasteiger partial charge in [-0.3, -0.25) is 4.79 Å². The molecule has 4 rings (SSSR count). The summed E-state index contributed by atoms with van der Waals surface area (Å²) in [6.45, 7) is 1.99. The number of anilines is 1. The number of amides is 1. The molecule has 3 aromatic carbocycles. The normalized spacial score (nSPS) is 10.5. The van der Waals surface area contributed by atoms with Gasteiger partial charge >= 0.3 is 0 Å². The van der Waals surface area contributed by atoms with Crippen molar-refractivity contribution in [2.75, 3.05) is 5.32 Å². The largest absolute Gasteiger partial charge is 0.457 e. The van der Waals surface area contributed by atoms with E-state index in [0.717, 1.165) is 16.9 Å². The summed E-state index contributed by atoms with van der Waals surface area (Å²) in [5, 5.41) is 15.0. The number of carbonyl (C=O) groups excluding carboxylic acids is 1. The maximum Gasteiger partial charge on any atom is 0.248 e. The van der Waals surface area contributed by atoms with Gasteiger partial charge in [-0.2, -0.15) is 4.80 Å². The lowest BCUT2D eigenvalue weighted by Crippen LogP contribution is -2.20. The van der Waals surface area contributed by atoms with Crippen molar-refractivity contribution in [3.8, 4) is 22.9 Å². The number of nitrogens with zero attached hydrogens (tertiary/aromatic N) is 4. The van der Waals surface area contributed by atoms with Crippen LogP contribution in [0.5, 0.6) is 11.5 Å². The number of nitrogens with one attached hydrogen (secondary N) is 1. The minimum absolute atomic E-state index is 0.0267. The van der Waals surface area contributed by atoms with Crippen LogP contribution in [0.4, 0.5) is 5.69 Å². The monoisotopic (exact) mass is 385 g/mol. The van der Waals surface area contributed by atoms with Gasteiger partial charge < -0.3 is 10.1 Å². The molecule has 0 aliphatic rings. The molecule has 7 nitrogen and oxygen atoms in total. The highest BCUT2D eigenvalue weighted by atomic mass is 16.5. The molecule has 0 atom stereocenters. The summed E-state index contributed by atoms with van der Waals surface area (Å²) >= 11 is 0. The van der Waals surface area contributed by atoms with E-state index in [-0.39, 0.29) is 12.5 Å². The van der Waals surface area contributed by atoms with Gasteiger partial charge in [0.2, 0.25) is 11.7 Å². The van der Waals surface area contributed by atoms with Crippen molar-refractivity contribution in [1.82, 2.24) is 20.2 Å². The standard InChI is InChI=1S/C22H19N5O2/c1-16-7-9-17(10-8-16)22-24-26-27(25-22)15-21(28)23-18-11-13-20(14-12-18)29-19-5-3-2-4-6-19/h2-14H,15H2,1H3,(H,23,28). The molecule has 0 aliphatic heterocycles. The summed E-state index contributed by atoms with van der Waals surface area (Å²) in [4.78, 5) is 13.6. The number of benzene rings is 3. The first kappa shape index (κ1) is 18.4. The van der Waals surface area contributed by atoms with Crippen molar-refractivity contribution in [3.63, 3.8) is 0 Å². The van der Waals surface area contributed by atoms with Gasteiger partial charge in [0.05, 0.1) is 0 Å². The summed E-state index contributed by atoms with van der Waals surface area (Å²) in [7, 11) is 0. The number of hydrogen-bond acceptors (Lipinski definition) is 5. The summed E-state index contributed by atoms with van der Waals surface area (Å²) in [5.41, 5.74) is 2.67. The average molecular weight is 385 g/mol. The molecule has 1 N–H and O–H groups in total. The fourth-order valence-electron chi connectivity index (χ4n) is 2.69. The van der Waals surface area contributed by atoms with Crippen LogP contribution in [0.2, 0.25) is 0 Å². The zero-order chi connectivity index (χ0) is 20.1. The molecule has 144 valence electrons. The second kappa shape index (κ2) is 8.35. The summed E-state index contributed by atoms with van der Waals surface area (Å²) in [5.74, 6) is 1.69. The molecule has 4 aromatic rings. The Hall–Kier alpha value is -4.00. The summed E-state index contributed by atoms with van der Waals surface area (Å²) < 4.78 is 5.74. The van der Waals surface area contributed by atoms with Gasteiger partial charge in [-0.25, -0.2) is 0 Å². The number of para-hydroxylation sites is 1. The topological polar surface area (TPSA) is 81.9 Å². The highest BCUT2D eigenvalue weighted by Crippen LogP contribution is 2.22.